The molecule has 0 radical (unpaired) electrons. The van der Waals surface area contributed by atoms with Gasteiger partial charge in [0.15, 0.2) is 0 Å². The molecule has 1 saturated heterocycles. The number of imidazole rings is 1. The van der Waals surface area contributed by atoms with Gasteiger partial charge in [0.2, 0.25) is 0 Å². The molecule has 7 heteroatoms. The van der Waals surface area contributed by atoms with E-state index in [9.17, 15) is 9.18 Å². The van der Waals surface area contributed by atoms with Crippen LogP contribution in [0.1, 0.15) is 24.2 Å². The monoisotopic (exact) mass is 382 g/mol. The van der Waals surface area contributed by atoms with Crippen LogP contribution in [0.3, 0.4) is 0 Å². The standard InChI is InChI=1S/C21H23FN4O2/c1-14-24-18-6-5-17(12-19(18)25-14)26-20(27)23-13-21(7-9-28-10-8-21)15-3-2-4-16(22)11-15/h2-6,11-12H,7-10,13H2,1H3,(H,24,25)(H2,23,26,27). The van der Waals surface area contributed by atoms with Crippen LogP contribution in [-0.2, 0) is 10.2 Å². The Kier molecular flexibility index (Phi) is 5.00. The van der Waals surface area contributed by atoms with E-state index in [-0.39, 0.29) is 17.3 Å². The molecular weight excluding hydrogens is 359 g/mol. The van der Waals surface area contributed by atoms with E-state index in [1.54, 1.807) is 12.1 Å². The molecule has 1 aromatic heterocycles. The Morgan fingerprint density at radius 3 is 2.86 bits per heavy atom. The van der Waals surface area contributed by atoms with Crippen molar-refractivity contribution in [3.63, 3.8) is 0 Å². The van der Waals surface area contributed by atoms with E-state index in [1.807, 2.05) is 31.2 Å². The lowest BCUT2D eigenvalue weighted by molar-refractivity contribution is 0.0507. The summed E-state index contributed by atoms with van der Waals surface area (Å²) < 4.78 is 19.3. The summed E-state index contributed by atoms with van der Waals surface area (Å²) in [5.41, 5.74) is 2.97. The first kappa shape index (κ1) is 18.4. The summed E-state index contributed by atoms with van der Waals surface area (Å²) in [6.45, 7) is 3.49. The fourth-order valence-corrected chi connectivity index (χ4v) is 3.79. The fourth-order valence-electron chi connectivity index (χ4n) is 3.79. The number of nitrogens with one attached hydrogen (secondary N) is 3. The van der Waals surface area contributed by atoms with Crippen molar-refractivity contribution in [2.24, 2.45) is 0 Å². The molecule has 0 atom stereocenters. The van der Waals surface area contributed by atoms with E-state index in [4.69, 9.17) is 4.74 Å². The Morgan fingerprint density at radius 2 is 2.07 bits per heavy atom. The van der Waals surface area contributed by atoms with Gasteiger partial charge in [0.25, 0.3) is 0 Å². The van der Waals surface area contributed by atoms with Gasteiger partial charge < -0.3 is 20.4 Å². The number of ether oxygens (including phenoxy) is 1. The first-order chi connectivity index (χ1) is 13.5. The normalized spacial score (nSPS) is 16.1. The zero-order valence-electron chi connectivity index (χ0n) is 15.7. The highest BCUT2D eigenvalue weighted by molar-refractivity contribution is 5.92. The topological polar surface area (TPSA) is 79.0 Å². The number of amides is 2. The van der Waals surface area contributed by atoms with Gasteiger partial charge in [-0.2, -0.15) is 0 Å². The second kappa shape index (κ2) is 7.59. The Hall–Kier alpha value is -2.93. The highest BCUT2D eigenvalue weighted by atomic mass is 19.1. The van der Waals surface area contributed by atoms with E-state index in [2.05, 4.69) is 20.6 Å². The van der Waals surface area contributed by atoms with E-state index in [0.717, 1.165) is 35.3 Å². The molecule has 146 valence electrons. The minimum Gasteiger partial charge on any atom is -0.381 e. The minimum absolute atomic E-state index is 0.268. The van der Waals surface area contributed by atoms with Crippen molar-refractivity contribution < 1.29 is 13.9 Å². The number of halogens is 1. The maximum Gasteiger partial charge on any atom is 0.319 e. The number of benzene rings is 2. The molecule has 2 heterocycles. The van der Waals surface area contributed by atoms with Crippen LogP contribution >= 0.6 is 0 Å². The highest BCUT2D eigenvalue weighted by Gasteiger charge is 2.35. The van der Waals surface area contributed by atoms with Gasteiger partial charge in [0, 0.05) is 30.9 Å². The number of aromatic nitrogens is 2. The Morgan fingerprint density at radius 1 is 1.25 bits per heavy atom. The molecule has 2 aromatic carbocycles. The number of rotatable bonds is 4. The molecule has 1 aliphatic rings. The first-order valence-corrected chi connectivity index (χ1v) is 9.39. The largest absolute Gasteiger partial charge is 0.381 e. The van der Waals surface area contributed by atoms with Crippen molar-refractivity contribution in [2.45, 2.75) is 25.2 Å². The molecule has 1 aliphatic heterocycles. The van der Waals surface area contributed by atoms with Gasteiger partial charge in [-0.25, -0.2) is 14.2 Å². The molecule has 4 rings (SSSR count). The average molecular weight is 382 g/mol. The summed E-state index contributed by atoms with van der Waals surface area (Å²) in [5, 5.41) is 5.82. The van der Waals surface area contributed by atoms with Crippen molar-refractivity contribution in [2.75, 3.05) is 25.1 Å². The lowest BCUT2D eigenvalue weighted by Crippen LogP contribution is -2.45. The van der Waals surface area contributed by atoms with Gasteiger partial charge in [0.05, 0.1) is 11.0 Å². The van der Waals surface area contributed by atoms with Crippen molar-refractivity contribution in [3.05, 3.63) is 59.7 Å². The van der Waals surface area contributed by atoms with Crippen LogP contribution in [0, 0.1) is 12.7 Å². The number of H-pyrrole nitrogens is 1. The molecule has 0 aliphatic carbocycles. The average Bonchev–Trinajstić information content (AvgIpc) is 3.06. The quantitative estimate of drug-likeness (QED) is 0.641. The summed E-state index contributed by atoms with van der Waals surface area (Å²) >= 11 is 0. The van der Waals surface area contributed by atoms with Crippen molar-refractivity contribution in [1.82, 2.24) is 15.3 Å². The summed E-state index contributed by atoms with van der Waals surface area (Å²) in [5.74, 6) is 0.559. The zero-order chi connectivity index (χ0) is 19.6. The molecule has 0 bridgehead atoms. The van der Waals surface area contributed by atoms with Crippen LogP contribution in [-0.4, -0.2) is 35.8 Å². The number of aryl methyl sites for hydroxylation is 1. The fraction of sp³-hybridized carbons (Fsp3) is 0.333. The molecule has 0 unspecified atom stereocenters. The van der Waals surface area contributed by atoms with Gasteiger partial charge in [0.1, 0.15) is 11.6 Å². The second-order valence-corrected chi connectivity index (χ2v) is 7.26. The maximum absolute atomic E-state index is 13.8. The van der Waals surface area contributed by atoms with Crippen LogP contribution < -0.4 is 10.6 Å². The molecule has 3 aromatic rings. The molecule has 1 fully saturated rings. The number of nitrogens with zero attached hydrogens (tertiary/aromatic N) is 1. The Bertz CT molecular complexity index is 995. The number of urea groups is 1. The second-order valence-electron chi connectivity index (χ2n) is 7.26. The predicted octanol–water partition coefficient (Wildman–Crippen LogP) is 3.88. The van der Waals surface area contributed by atoms with E-state index >= 15 is 0 Å². The molecule has 6 nitrogen and oxygen atoms in total. The van der Waals surface area contributed by atoms with Crippen LogP contribution in [0.25, 0.3) is 11.0 Å². The van der Waals surface area contributed by atoms with Crippen LogP contribution in [0.4, 0.5) is 14.9 Å². The number of hydrogen-bond acceptors (Lipinski definition) is 3. The zero-order valence-corrected chi connectivity index (χ0v) is 15.7. The molecular formula is C21H23FN4O2. The van der Waals surface area contributed by atoms with Gasteiger partial charge in [-0.3, -0.25) is 0 Å². The first-order valence-electron chi connectivity index (χ1n) is 9.39. The number of carbonyl (C=O) groups excluding carboxylic acids is 1. The highest BCUT2D eigenvalue weighted by Crippen LogP contribution is 2.34. The van der Waals surface area contributed by atoms with Crippen LogP contribution in [0.2, 0.25) is 0 Å². The molecule has 0 spiro atoms. The van der Waals surface area contributed by atoms with Gasteiger partial charge in [-0.05, 0) is 55.7 Å². The molecule has 0 saturated carbocycles. The molecule has 2 amide bonds. The number of hydrogen-bond donors (Lipinski definition) is 3. The van der Waals surface area contributed by atoms with Crippen molar-refractivity contribution in [3.8, 4) is 0 Å². The maximum atomic E-state index is 13.8. The van der Waals surface area contributed by atoms with Gasteiger partial charge in [-0.15, -0.1) is 0 Å². The predicted molar refractivity (Wildman–Crippen MR) is 106 cm³/mol. The van der Waals surface area contributed by atoms with E-state index < -0.39 is 0 Å². The van der Waals surface area contributed by atoms with Crippen molar-refractivity contribution in [1.29, 1.82) is 0 Å². The Labute approximate surface area is 162 Å². The van der Waals surface area contributed by atoms with Gasteiger partial charge >= 0.3 is 6.03 Å². The molecule has 3 N–H and O–H groups in total. The number of aromatic amines is 1. The number of carbonyl (C=O) groups is 1. The smallest absolute Gasteiger partial charge is 0.319 e. The summed E-state index contributed by atoms with van der Waals surface area (Å²) in [4.78, 5) is 20.0. The third kappa shape index (κ3) is 3.84. The number of fused-ring (bicyclic) bond motifs is 1. The van der Waals surface area contributed by atoms with Crippen LogP contribution in [0.15, 0.2) is 42.5 Å². The van der Waals surface area contributed by atoms with Gasteiger partial charge in [-0.1, -0.05) is 12.1 Å². The summed E-state index contributed by atoms with van der Waals surface area (Å²) in [7, 11) is 0. The van der Waals surface area contributed by atoms with Crippen LogP contribution in [0.5, 0.6) is 0 Å². The summed E-state index contributed by atoms with van der Waals surface area (Å²) in [6.07, 6.45) is 1.46. The third-order valence-corrected chi connectivity index (χ3v) is 5.33. The lowest BCUT2D eigenvalue weighted by atomic mass is 9.74. The Balaban J connectivity index is 1.46. The SMILES string of the molecule is Cc1nc2ccc(NC(=O)NCC3(c4cccc(F)c4)CCOCC3)cc2[nH]1. The third-order valence-electron chi connectivity index (χ3n) is 5.33. The minimum atomic E-state index is -0.331. The van der Waals surface area contributed by atoms with E-state index in [1.165, 1.54) is 6.07 Å². The summed E-state index contributed by atoms with van der Waals surface area (Å²) in [6, 6.07) is 11.9. The van der Waals surface area contributed by atoms with E-state index in [0.29, 0.717) is 25.4 Å². The number of anilines is 1. The van der Waals surface area contributed by atoms with Crippen molar-refractivity contribution >= 4 is 22.8 Å². The molecule has 28 heavy (non-hydrogen) atoms. The lowest BCUT2D eigenvalue weighted by Gasteiger charge is -2.38.